The van der Waals surface area contributed by atoms with Gasteiger partial charge >= 0.3 is 6.09 Å². The van der Waals surface area contributed by atoms with Crippen LogP contribution in [0, 0.1) is 0 Å². The molecule has 2 aromatic rings. The molecule has 0 unspecified atom stereocenters. The van der Waals surface area contributed by atoms with Gasteiger partial charge in [-0.05, 0) is 51.8 Å². The summed E-state index contributed by atoms with van der Waals surface area (Å²) >= 11 is 0. The van der Waals surface area contributed by atoms with E-state index in [4.69, 9.17) is 4.74 Å². The number of hydrogen-bond donors (Lipinski definition) is 1. The lowest BCUT2D eigenvalue weighted by Gasteiger charge is -2.19. The Morgan fingerprint density at radius 3 is 2.76 bits per heavy atom. The summed E-state index contributed by atoms with van der Waals surface area (Å²) in [7, 11) is 0. The predicted octanol–water partition coefficient (Wildman–Crippen LogP) is 3.85. The Labute approximate surface area is 123 Å². The molecule has 1 amide bonds. The van der Waals surface area contributed by atoms with Gasteiger partial charge in [-0.2, -0.15) is 0 Å². The van der Waals surface area contributed by atoms with E-state index in [1.807, 2.05) is 45.2 Å². The van der Waals surface area contributed by atoms with Crippen LogP contribution >= 0.6 is 0 Å². The highest BCUT2D eigenvalue weighted by atomic mass is 16.6. The average Bonchev–Trinajstić information content (AvgIpc) is 3.19. The van der Waals surface area contributed by atoms with Gasteiger partial charge in [-0.1, -0.05) is 0 Å². The maximum Gasteiger partial charge on any atom is 0.412 e. The summed E-state index contributed by atoms with van der Waals surface area (Å²) in [6, 6.07) is 5.58. The predicted molar refractivity (Wildman–Crippen MR) is 81.4 cm³/mol. The first-order chi connectivity index (χ1) is 9.90. The lowest BCUT2D eigenvalue weighted by atomic mass is 10.2. The molecule has 110 valence electrons. The quantitative estimate of drug-likeness (QED) is 0.910. The molecule has 1 N–H and O–H groups in total. The van der Waals surface area contributed by atoms with E-state index in [0.29, 0.717) is 11.6 Å². The number of fused-ring (bicyclic) bond motifs is 1. The SMILES string of the molecule is CC(C)(C)OC(=O)Nc1ccc2cnc(C3CC3)nc2c1. The summed E-state index contributed by atoms with van der Waals surface area (Å²) in [5, 5.41) is 3.70. The number of amides is 1. The van der Waals surface area contributed by atoms with Crippen molar-refractivity contribution in [3.05, 3.63) is 30.2 Å². The molecule has 1 aromatic carbocycles. The number of nitrogens with zero attached hydrogens (tertiary/aromatic N) is 2. The van der Waals surface area contributed by atoms with Crippen molar-refractivity contribution in [3.8, 4) is 0 Å². The largest absolute Gasteiger partial charge is 0.444 e. The Hall–Kier alpha value is -2.17. The molecule has 1 aliphatic rings. The van der Waals surface area contributed by atoms with Crippen LogP contribution in [0.5, 0.6) is 0 Å². The van der Waals surface area contributed by atoms with Crippen LogP contribution in [0.15, 0.2) is 24.4 Å². The molecular weight excluding hydrogens is 266 g/mol. The van der Waals surface area contributed by atoms with Gasteiger partial charge in [0.25, 0.3) is 0 Å². The van der Waals surface area contributed by atoms with Gasteiger partial charge in [-0.3, -0.25) is 5.32 Å². The first-order valence-electron chi connectivity index (χ1n) is 7.17. The van der Waals surface area contributed by atoms with E-state index in [2.05, 4.69) is 15.3 Å². The lowest BCUT2D eigenvalue weighted by Crippen LogP contribution is -2.27. The van der Waals surface area contributed by atoms with Crippen LogP contribution in [0.4, 0.5) is 10.5 Å². The first-order valence-corrected chi connectivity index (χ1v) is 7.17. The van der Waals surface area contributed by atoms with Crippen molar-refractivity contribution in [2.24, 2.45) is 0 Å². The lowest BCUT2D eigenvalue weighted by molar-refractivity contribution is 0.0636. The van der Waals surface area contributed by atoms with E-state index < -0.39 is 11.7 Å². The van der Waals surface area contributed by atoms with E-state index in [1.54, 1.807) is 0 Å². The third kappa shape index (κ3) is 3.48. The highest BCUT2D eigenvalue weighted by Crippen LogP contribution is 2.38. The van der Waals surface area contributed by atoms with Crippen molar-refractivity contribution < 1.29 is 9.53 Å². The molecule has 1 aromatic heterocycles. The summed E-state index contributed by atoms with van der Waals surface area (Å²) in [4.78, 5) is 20.7. The molecule has 5 nitrogen and oxygen atoms in total. The molecule has 3 rings (SSSR count). The van der Waals surface area contributed by atoms with Gasteiger partial charge in [-0.15, -0.1) is 0 Å². The molecular formula is C16H19N3O2. The highest BCUT2D eigenvalue weighted by Gasteiger charge is 2.26. The molecule has 1 saturated carbocycles. The number of carbonyl (C=O) groups is 1. The van der Waals surface area contributed by atoms with Crippen molar-refractivity contribution in [2.75, 3.05) is 5.32 Å². The molecule has 0 radical (unpaired) electrons. The zero-order valence-corrected chi connectivity index (χ0v) is 12.5. The molecule has 0 bridgehead atoms. The van der Waals surface area contributed by atoms with Crippen molar-refractivity contribution in [3.63, 3.8) is 0 Å². The molecule has 1 aliphatic carbocycles. The Morgan fingerprint density at radius 2 is 2.10 bits per heavy atom. The van der Waals surface area contributed by atoms with E-state index in [1.165, 1.54) is 12.8 Å². The number of ether oxygens (including phenoxy) is 1. The molecule has 1 fully saturated rings. The second-order valence-corrected chi connectivity index (χ2v) is 6.40. The van der Waals surface area contributed by atoms with Gasteiger partial charge in [0.1, 0.15) is 11.4 Å². The number of benzene rings is 1. The van der Waals surface area contributed by atoms with E-state index in [9.17, 15) is 4.79 Å². The minimum atomic E-state index is -0.512. The van der Waals surface area contributed by atoms with Crippen molar-refractivity contribution >= 4 is 22.7 Å². The van der Waals surface area contributed by atoms with Crippen LogP contribution in [0.25, 0.3) is 10.9 Å². The minimum Gasteiger partial charge on any atom is -0.444 e. The summed E-state index contributed by atoms with van der Waals surface area (Å²) < 4.78 is 5.24. The summed E-state index contributed by atoms with van der Waals surface area (Å²) in [5.74, 6) is 1.41. The molecule has 5 heteroatoms. The third-order valence-electron chi connectivity index (χ3n) is 3.19. The summed E-state index contributed by atoms with van der Waals surface area (Å²) in [6.45, 7) is 5.51. The number of carbonyl (C=O) groups excluding carboxylic acids is 1. The Bertz CT molecular complexity index is 687. The Kier molecular flexibility index (Phi) is 3.27. The monoisotopic (exact) mass is 285 g/mol. The average molecular weight is 285 g/mol. The van der Waals surface area contributed by atoms with E-state index >= 15 is 0 Å². The summed E-state index contributed by atoms with van der Waals surface area (Å²) in [5.41, 5.74) is 1.01. The van der Waals surface area contributed by atoms with Crippen molar-refractivity contribution in [2.45, 2.75) is 45.1 Å². The molecule has 0 spiro atoms. The van der Waals surface area contributed by atoms with Crippen LogP contribution in [0.3, 0.4) is 0 Å². The van der Waals surface area contributed by atoms with Crippen molar-refractivity contribution in [1.29, 1.82) is 0 Å². The second-order valence-electron chi connectivity index (χ2n) is 6.40. The number of nitrogens with one attached hydrogen (secondary N) is 1. The molecule has 0 saturated heterocycles. The minimum absolute atomic E-state index is 0.460. The normalized spacial score (nSPS) is 15.0. The van der Waals surface area contributed by atoms with Crippen LogP contribution < -0.4 is 5.32 Å². The standard InChI is InChI=1S/C16H19N3O2/c1-16(2,3)21-15(20)18-12-7-6-11-9-17-14(10-4-5-10)19-13(11)8-12/h6-10H,4-5H2,1-3H3,(H,18,20). The van der Waals surface area contributed by atoms with Crippen molar-refractivity contribution in [1.82, 2.24) is 9.97 Å². The first kappa shape index (κ1) is 13.8. The zero-order chi connectivity index (χ0) is 15.0. The maximum absolute atomic E-state index is 11.8. The van der Waals surface area contributed by atoms with E-state index in [0.717, 1.165) is 16.7 Å². The smallest absolute Gasteiger partial charge is 0.412 e. The third-order valence-corrected chi connectivity index (χ3v) is 3.19. The topological polar surface area (TPSA) is 64.1 Å². The van der Waals surface area contributed by atoms with Gasteiger partial charge in [-0.25, -0.2) is 14.8 Å². The number of aromatic nitrogens is 2. The van der Waals surface area contributed by atoms with Gasteiger partial charge in [0.15, 0.2) is 0 Å². The molecule has 21 heavy (non-hydrogen) atoms. The Balaban J connectivity index is 1.81. The number of anilines is 1. The fourth-order valence-electron chi connectivity index (χ4n) is 2.08. The fourth-order valence-corrected chi connectivity index (χ4v) is 2.08. The summed E-state index contributed by atoms with van der Waals surface area (Å²) in [6.07, 6.45) is 3.72. The maximum atomic E-state index is 11.8. The van der Waals surface area contributed by atoms with Crippen LogP contribution in [-0.4, -0.2) is 21.7 Å². The number of rotatable bonds is 2. The van der Waals surface area contributed by atoms with Gasteiger partial charge in [0.05, 0.1) is 5.52 Å². The van der Waals surface area contributed by atoms with Crippen LogP contribution in [-0.2, 0) is 4.74 Å². The zero-order valence-electron chi connectivity index (χ0n) is 12.5. The second kappa shape index (κ2) is 4.98. The molecule has 0 aliphatic heterocycles. The molecule has 0 atom stereocenters. The van der Waals surface area contributed by atoms with Gasteiger partial charge < -0.3 is 4.74 Å². The van der Waals surface area contributed by atoms with Gasteiger partial charge in [0.2, 0.25) is 0 Å². The Morgan fingerprint density at radius 1 is 1.33 bits per heavy atom. The van der Waals surface area contributed by atoms with Crippen LogP contribution in [0.2, 0.25) is 0 Å². The van der Waals surface area contributed by atoms with Crippen LogP contribution in [0.1, 0.15) is 45.4 Å². The molecule has 1 heterocycles. The fraction of sp³-hybridized carbons (Fsp3) is 0.438. The van der Waals surface area contributed by atoms with E-state index in [-0.39, 0.29) is 0 Å². The van der Waals surface area contributed by atoms with Gasteiger partial charge in [0, 0.05) is 23.2 Å². The highest BCUT2D eigenvalue weighted by molar-refractivity contribution is 5.89. The number of hydrogen-bond acceptors (Lipinski definition) is 4.